The molecule has 1 heterocycles. The van der Waals surface area contributed by atoms with Gasteiger partial charge in [0.1, 0.15) is 11.5 Å². The molecule has 24 heavy (non-hydrogen) atoms. The Labute approximate surface area is 139 Å². The molecule has 6 heteroatoms. The maximum absolute atomic E-state index is 13.7. The second-order valence-corrected chi connectivity index (χ2v) is 4.85. The summed E-state index contributed by atoms with van der Waals surface area (Å²) >= 11 is 0. The van der Waals surface area contributed by atoms with E-state index in [0.29, 0.717) is 17.0 Å². The number of halogens is 1. The minimum atomic E-state index is -0.723. The first-order chi connectivity index (χ1) is 11.6. The van der Waals surface area contributed by atoms with Gasteiger partial charge in [0.25, 0.3) is 0 Å². The number of esters is 1. The van der Waals surface area contributed by atoms with Crippen LogP contribution in [0.15, 0.2) is 54.7 Å². The van der Waals surface area contributed by atoms with Crippen molar-refractivity contribution in [2.24, 2.45) is 0 Å². The molecule has 0 radical (unpaired) electrons. The summed E-state index contributed by atoms with van der Waals surface area (Å²) in [6.07, 6.45) is 2.93. The highest BCUT2D eigenvalue weighted by Gasteiger charge is 2.11. The summed E-state index contributed by atoms with van der Waals surface area (Å²) in [5.74, 6) is -1.05. The van der Waals surface area contributed by atoms with Gasteiger partial charge < -0.3 is 10.1 Å². The molecular formula is C18H18FN3O2. The van der Waals surface area contributed by atoms with Crippen LogP contribution >= 0.6 is 0 Å². The van der Waals surface area contributed by atoms with Crippen molar-refractivity contribution in [3.8, 4) is 0 Å². The van der Waals surface area contributed by atoms with Gasteiger partial charge in [-0.3, -0.25) is 10.4 Å². The summed E-state index contributed by atoms with van der Waals surface area (Å²) in [7, 11) is 0. The van der Waals surface area contributed by atoms with Gasteiger partial charge in [-0.15, -0.1) is 0 Å². The lowest BCUT2D eigenvalue weighted by atomic mass is 10.1. The molecule has 2 aromatic rings. The Kier molecular flexibility index (Phi) is 6.19. The zero-order valence-corrected chi connectivity index (χ0v) is 13.3. The van der Waals surface area contributed by atoms with Crippen molar-refractivity contribution in [2.45, 2.75) is 13.5 Å². The summed E-state index contributed by atoms with van der Waals surface area (Å²) in [6.45, 7) is 2.06. The maximum Gasteiger partial charge on any atom is 0.356 e. The normalized spacial score (nSPS) is 11.0. The Hall–Kier alpha value is -3.02. The number of rotatable bonds is 7. The van der Waals surface area contributed by atoms with Crippen LogP contribution in [0.5, 0.6) is 0 Å². The van der Waals surface area contributed by atoms with Gasteiger partial charge in [-0.25, -0.2) is 9.18 Å². The van der Waals surface area contributed by atoms with E-state index in [-0.39, 0.29) is 24.7 Å². The Balaban J connectivity index is 2.22. The molecule has 2 N–H and O–H groups in total. The molecule has 5 nitrogen and oxygen atoms in total. The first kappa shape index (κ1) is 17.3. The van der Waals surface area contributed by atoms with Crippen LogP contribution < -0.4 is 5.32 Å². The summed E-state index contributed by atoms with van der Waals surface area (Å²) in [4.78, 5) is 15.8. The standard InChI is InChI=1S/C18H18FN3O2/c1-2-24-18(23)15(20)11-17(16-9-5-6-10-21-16)22-12-13-7-3-4-8-14(13)19/h3-11,20,22H,2,12H2,1H3/b17-11-,20-15?. The van der Waals surface area contributed by atoms with Crippen LogP contribution in [0.3, 0.4) is 0 Å². The number of pyridine rings is 1. The van der Waals surface area contributed by atoms with E-state index in [1.165, 1.54) is 12.1 Å². The first-order valence-corrected chi connectivity index (χ1v) is 7.48. The first-order valence-electron chi connectivity index (χ1n) is 7.48. The number of benzene rings is 1. The fraction of sp³-hybridized carbons (Fsp3) is 0.167. The summed E-state index contributed by atoms with van der Waals surface area (Å²) in [5, 5.41) is 10.8. The smallest absolute Gasteiger partial charge is 0.356 e. The Morgan fingerprint density at radius 3 is 2.71 bits per heavy atom. The number of nitrogens with zero attached hydrogens (tertiary/aromatic N) is 1. The van der Waals surface area contributed by atoms with Crippen molar-refractivity contribution < 1.29 is 13.9 Å². The van der Waals surface area contributed by atoms with Gasteiger partial charge in [-0.1, -0.05) is 24.3 Å². The fourth-order valence-corrected chi connectivity index (χ4v) is 1.98. The fourth-order valence-electron chi connectivity index (χ4n) is 1.98. The minimum Gasteiger partial charge on any atom is -0.461 e. The van der Waals surface area contributed by atoms with Crippen LogP contribution in [0.1, 0.15) is 18.2 Å². The monoisotopic (exact) mass is 327 g/mol. The average Bonchev–Trinajstić information content (AvgIpc) is 2.60. The van der Waals surface area contributed by atoms with Crippen molar-refractivity contribution in [1.29, 1.82) is 5.41 Å². The highest BCUT2D eigenvalue weighted by molar-refractivity contribution is 6.40. The molecule has 0 fully saturated rings. The van der Waals surface area contributed by atoms with E-state index in [2.05, 4.69) is 10.3 Å². The molecule has 0 aliphatic heterocycles. The van der Waals surface area contributed by atoms with Gasteiger partial charge in [0.05, 0.1) is 18.0 Å². The number of ether oxygens (including phenoxy) is 1. The lowest BCUT2D eigenvalue weighted by molar-refractivity contribution is -0.135. The van der Waals surface area contributed by atoms with Gasteiger partial charge >= 0.3 is 5.97 Å². The summed E-state index contributed by atoms with van der Waals surface area (Å²) in [6, 6.07) is 11.7. The Morgan fingerprint density at radius 1 is 1.29 bits per heavy atom. The van der Waals surface area contributed by atoms with E-state index in [9.17, 15) is 9.18 Å². The topological polar surface area (TPSA) is 75.1 Å². The largest absolute Gasteiger partial charge is 0.461 e. The van der Waals surface area contributed by atoms with Crippen LogP contribution in [0, 0.1) is 11.2 Å². The second-order valence-electron chi connectivity index (χ2n) is 4.85. The molecule has 0 spiro atoms. The van der Waals surface area contributed by atoms with Crippen LogP contribution in [0.25, 0.3) is 5.70 Å². The SMILES string of the molecule is CCOC(=O)C(=N)/C=C(\NCc1ccccc1F)c1ccccn1. The van der Waals surface area contributed by atoms with E-state index in [0.717, 1.165) is 0 Å². The molecule has 1 aromatic heterocycles. The van der Waals surface area contributed by atoms with Crippen molar-refractivity contribution in [3.63, 3.8) is 0 Å². The zero-order valence-electron chi connectivity index (χ0n) is 13.3. The predicted molar refractivity (Wildman–Crippen MR) is 89.8 cm³/mol. The summed E-state index contributed by atoms with van der Waals surface area (Å²) in [5.41, 5.74) is 1.15. The van der Waals surface area contributed by atoms with E-state index < -0.39 is 5.97 Å². The minimum absolute atomic E-state index is 0.191. The zero-order chi connectivity index (χ0) is 17.4. The molecule has 1 aromatic carbocycles. The van der Waals surface area contributed by atoms with Crippen molar-refractivity contribution >= 4 is 17.4 Å². The predicted octanol–water partition coefficient (Wildman–Crippen LogP) is 2.93. The number of hydrogen-bond acceptors (Lipinski definition) is 5. The van der Waals surface area contributed by atoms with Gasteiger partial charge in [0.2, 0.25) is 0 Å². The van der Waals surface area contributed by atoms with E-state index in [1.54, 1.807) is 49.5 Å². The van der Waals surface area contributed by atoms with E-state index >= 15 is 0 Å². The van der Waals surface area contributed by atoms with E-state index in [1.807, 2.05) is 0 Å². The Bertz CT molecular complexity index is 745. The molecule has 2 rings (SSSR count). The molecule has 0 saturated heterocycles. The Morgan fingerprint density at radius 2 is 2.04 bits per heavy atom. The third-order valence-electron chi connectivity index (χ3n) is 3.15. The average molecular weight is 327 g/mol. The lowest BCUT2D eigenvalue weighted by Gasteiger charge is -2.11. The molecule has 0 aliphatic carbocycles. The van der Waals surface area contributed by atoms with Crippen molar-refractivity contribution in [2.75, 3.05) is 6.61 Å². The van der Waals surface area contributed by atoms with Crippen LogP contribution in [-0.4, -0.2) is 23.3 Å². The number of hydrogen-bond donors (Lipinski definition) is 2. The van der Waals surface area contributed by atoms with Crippen LogP contribution in [0.4, 0.5) is 4.39 Å². The number of nitrogens with one attached hydrogen (secondary N) is 2. The molecule has 0 saturated carbocycles. The molecule has 0 aliphatic rings. The molecular weight excluding hydrogens is 309 g/mol. The second kappa shape index (κ2) is 8.57. The quantitative estimate of drug-likeness (QED) is 0.606. The number of aromatic nitrogens is 1. The maximum atomic E-state index is 13.7. The molecule has 124 valence electrons. The van der Waals surface area contributed by atoms with Crippen molar-refractivity contribution in [3.05, 3.63) is 71.8 Å². The van der Waals surface area contributed by atoms with Crippen molar-refractivity contribution in [1.82, 2.24) is 10.3 Å². The number of carbonyl (C=O) groups excluding carboxylic acids is 1. The third kappa shape index (κ3) is 4.74. The van der Waals surface area contributed by atoms with Crippen LogP contribution in [0.2, 0.25) is 0 Å². The summed E-state index contributed by atoms with van der Waals surface area (Å²) < 4.78 is 18.5. The highest BCUT2D eigenvalue weighted by atomic mass is 19.1. The highest BCUT2D eigenvalue weighted by Crippen LogP contribution is 2.12. The van der Waals surface area contributed by atoms with Gasteiger partial charge in [0.15, 0.2) is 0 Å². The lowest BCUT2D eigenvalue weighted by Crippen LogP contribution is -2.19. The van der Waals surface area contributed by atoms with Crippen LogP contribution in [-0.2, 0) is 16.1 Å². The van der Waals surface area contributed by atoms with Gasteiger partial charge in [0, 0.05) is 18.3 Å². The molecule has 0 atom stereocenters. The van der Waals surface area contributed by atoms with Gasteiger partial charge in [-0.05, 0) is 31.2 Å². The number of carbonyl (C=O) groups is 1. The van der Waals surface area contributed by atoms with Gasteiger partial charge in [-0.2, -0.15) is 0 Å². The molecule has 0 unspecified atom stereocenters. The van der Waals surface area contributed by atoms with E-state index in [4.69, 9.17) is 10.1 Å². The third-order valence-corrected chi connectivity index (χ3v) is 3.15. The molecule has 0 bridgehead atoms. The molecule has 0 amide bonds.